The van der Waals surface area contributed by atoms with Crippen molar-refractivity contribution in [1.82, 2.24) is 10.2 Å². The quantitative estimate of drug-likeness (QED) is 0.913. The summed E-state index contributed by atoms with van der Waals surface area (Å²) in [6, 6.07) is 3.12. The molecule has 104 valence electrons. The molecule has 1 fully saturated rings. The van der Waals surface area contributed by atoms with Gasteiger partial charge in [-0.25, -0.2) is 8.78 Å². The van der Waals surface area contributed by atoms with Crippen LogP contribution in [0, 0.1) is 17.6 Å². The average molecular weight is 268 g/mol. The Morgan fingerprint density at radius 3 is 2.58 bits per heavy atom. The van der Waals surface area contributed by atoms with E-state index >= 15 is 0 Å². The first-order valence-electron chi connectivity index (χ1n) is 6.47. The third-order valence-electron chi connectivity index (χ3n) is 3.46. The molecular weight excluding hydrogens is 250 g/mol. The van der Waals surface area contributed by atoms with Crippen molar-refractivity contribution < 1.29 is 13.6 Å². The Kier molecular flexibility index (Phi) is 3.85. The maximum Gasteiger partial charge on any atom is 0.241 e. The minimum Gasteiger partial charge on any atom is -0.322 e. The molecule has 0 bridgehead atoms. The number of hydrogen-bond acceptors (Lipinski definition) is 2. The molecule has 0 radical (unpaired) electrons. The standard InChI is InChI=1S/C14H18F2N2O/c1-4-18-13(17-12(8(2)3)14(18)19)10-6-5-9(15)7-11(10)16/h5-8,12-13,17H,4H2,1-3H3. The van der Waals surface area contributed by atoms with Gasteiger partial charge in [0.25, 0.3) is 0 Å². The van der Waals surface area contributed by atoms with E-state index in [4.69, 9.17) is 0 Å². The van der Waals surface area contributed by atoms with Crippen molar-refractivity contribution in [1.29, 1.82) is 0 Å². The molecule has 1 aromatic carbocycles. The Labute approximate surface area is 111 Å². The number of hydrogen-bond donors (Lipinski definition) is 1. The van der Waals surface area contributed by atoms with Crippen LogP contribution in [0.4, 0.5) is 8.78 Å². The fourth-order valence-electron chi connectivity index (χ4n) is 2.43. The third kappa shape index (κ3) is 2.47. The van der Waals surface area contributed by atoms with Gasteiger partial charge in [-0.1, -0.05) is 13.8 Å². The molecule has 0 spiro atoms. The Morgan fingerprint density at radius 1 is 1.37 bits per heavy atom. The fraction of sp³-hybridized carbons (Fsp3) is 0.500. The molecule has 2 rings (SSSR count). The number of nitrogens with zero attached hydrogens (tertiary/aromatic N) is 1. The Morgan fingerprint density at radius 2 is 2.05 bits per heavy atom. The first-order valence-corrected chi connectivity index (χ1v) is 6.47. The second-order valence-electron chi connectivity index (χ2n) is 5.08. The van der Waals surface area contributed by atoms with Crippen LogP contribution in [0.1, 0.15) is 32.5 Å². The van der Waals surface area contributed by atoms with Gasteiger partial charge < -0.3 is 4.90 Å². The molecule has 1 aromatic rings. The van der Waals surface area contributed by atoms with Crippen molar-refractivity contribution in [2.24, 2.45) is 5.92 Å². The maximum absolute atomic E-state index is 13.8. The monoisotopic (exact) mass is 268 g/mol. The first-order chi connectivity index (χ1) is 8.95. The third-order valence-corrected chi connectivity index (χ3v) is 3.46. The molecule has 0 saturated carbocycles. The van der Waals surface area contributed by atoms with Crippen LogP contribution in [-0.4, -0.2) is 23.4 Å². The summed E-state index contributed by atoms with van der Waals surface area (Å²) in [7, 11) is 0. The highest BCUT2D eigenvalue weighted by Gasteiger charge is 2.40. The van der Waals surface area contributed by atoms with Crippen LogP contribution >= 0.6 is 0 Å². The Bertz CT molecular complexity index is 490. The van der Waals surface area contributed by atoms with Crippen molar-refractivity contribution >= 4 is 5.91 Å². The molecule has 1 saturated heterocycles. The highest BCUT2D eigenvalue weighted by atomic mass is 19.1. The number of rotatable bonds is 3. The van der Waals surface area contributed by atoms with Gasteiger partial charge in [0.1, 0.15) is 17.8 Å². The molecule has 0 aliphatic carbocycles. The normalized spacial score (nSPS) is 23.5. The van der Waals surface area contributed by atoms with E-state index in [-0.39, 0.29) is 17.9 Å². The highest BCUT2D eigenvalue weighted by Crippen LogP contribution is 2.29. The number of carbonyl (C=O) groups excluding carboxylic acids is 1. The number of carbonyl (C=O) groups is 1. The van der Waals surface area contributed by atoms with Crippen molar-refractivity contribution in [2.75, 3.05) is 6.54 Å². The number of halogens is 2. The minimum atomic E-state index is -0.631. The summed E-state index contributed by atoms with van der Waals surface area (Å²) in [4.78, 5) is 13.8. The lowest BCUT2D eigenvalue weighted by molar-refractivity contribution is -0.130. The Hall–Kier alpha value is -1.49. The van der Waals surface area contributed by atoms with Gasteiger partial charge in [-0.3, -0.25) is 10.1 Å². The molecule has 5 heteroatoms. The molecule has 1 N–H and O–H groups in total. The molecule has 2 atom stereocenters. The number of amides is 1. The summed E-state index contributed by atoms with van der Waals surface area (Å²) in [6.45, 7) is 6.20. The lowest BCUT2D eigenvalue weighted by Gasteiger charge is -2.23. The van der Waals surface area contributed by atoms with Crippen LogP contribution in [0.25, 0.3) is 0 Å². The zero-order valence-corrected chi connectivity index (χ0v) is 11.3. The molecule has 1 aliphatic heterocycles. The van der Waals surface area contributed by atoms with E-state index in [1.54, 1.807) is 4.90 Å². The topological polar surface area (TPSA) is 32.3 Å². The van der Waals surface area contributed by atoms with Gasteiger partial charge in [-0.2, -0.15) is 0 Å². The summed E-state index contributed by atoms with van der Waals surface area (Å²) >= 11 is 0. The second kappa shape index (κ2) is 5.25. The van der Waals surface area contributed by atoms with Crippen LogP contribution in [-0.2, 0) is 4.79 Å². The van der Waals surface area contributed by atoms with Gasteiger partial charge in [0.15, 0.2) is 0 Å². The summed E-state index contributed by atoms with van der Waals surface area (Å²) in [6.07, 6.45) is -0.523. The zero-order chi connectivity index (χ0) is 14.2. The smallest absolute Gasteiger partial charge is 0.241 e. The van der Waals surface area contributed by atoms with E-state index in [0.29, 0.717) is 12.1 Å². The predicted molar refractivity (Wildman–Crippen MR) is 68.2 cm³/mol. The van der Waals surface area contributed by atoms with Gasteiger partial charge in [-0.05, 0) is 25.0 Å². The minimum absolute atomic E-state index is 0.0359. The largest absolute Gasteiger partial charge is 0.322 e. The van der Waals surface area contributed by atoms with E-state index in [0.717, 1.165) is 6.07 Å². The van der Waals surface area contributed by atoms with E-state index in [1.165, 1.54) is 12.1 Å². The number of likely N-dealkylation sites (N-methyl/N-ethyl adjacent to an activating group) is 1. The van der Waals surface area contributed by atoms with Crippen LogP contribution < -0.4 is 5.32 Å². The van der Waals surface area contributed by atoms with Crippen LogP contribution in [0.2, 0.25) is 0 Å². The van der Waals surface area contributed by atoms with Crippen molar-refractivity contribution in [2.45, 2.75) is 33.0 Å². The average Bonchev–Trinajstić information content (AvgIpc) is 2.66. The van der Waals surface area contributed by atoms with Gasteiger partial charge in [0.05, 0.1) is 6.04 Å². The highest BCUT2D eigenvalue weighted by molar-refractivity contribution is 5.84. The van der Waals surface area contributed by atoms with E-state index in [9.17, 15) is 13.6 Å². The van der Waals surface area contributed by atoms with E-state index in [2.05, 4.69) is 5.32 Å². The van der Waals surface area contributed by atoms with Crippen molar-refractivity contribution in [3.05, 3.63) is 35.4 Å². The summed E-state index contributed by atoms with van der Waals surface area (Å²) < 4.78 is 26.8. The lowest BCUT2D eigenvalue weighted by Crippen LogP contribution is -2.34. The summed E-state index contributed by atoms with van der Waals surface area (Å²) in [5.74, 6) is -1.16. The molecule has 3 nitrogen and oxygen atoms in total. The van der Waals surface area contributed by atoms with E-state index < -0.39 is 17.8 Å². The first kappa shape index (κ1) is 13.9. The van der Waals surface area contributed by atoms with Gasteiger partial charge in [0.2, 0.25) is 5.91 Å². The van der Waals surface area contributed by atoms with Gasteiger partial charge in [0, 0.05) is 18.2 Å². The SMILES string of the molecule is CCN1C(=O)C(C(C)C)NC1c1ccc(F)cc1F. The van der Waals surface area contributed by atoms with Crippen LogP contribution in [0.15, 0.2) is 18.2 Å². The maximum atomic E-state index is 13.8. The van der Waals surface area contributed by atoms with Crippen molar-refractivity contribution in [3.63, 3.8) is 0 Å². The van der Waals surface area contributed by atoms with Gasteiger partial charge >= 0.3 is 0 Å². The molecule has 1 aliphatic rings. The van der Waals surface area contributed by atoms with Crippen LogP contribution in [0.5, 0.6) is 0 Å². The Balaban J connectivity index is 2.35. The zero-order valence-electron chi connectivity index (χ0n) is 11.3. The second-order valence-corrected chi connectivity index (χ2v) is 5.08. The van der Waals surface area contributed by atoms with E-state index in [1.807, 2.05) is 20.8 Å². The summed E-state index contributed by atoms with van der Waals surface area (Å²) in [5, 5.41) is 3.13. The molecule has 19 heavy (non-hydrogen) atoms. The van der Waals surface area contributed by atoms with Crippen molar-refractivity contribution in [3.8, 4) is 0 Å². The number of benzene rings is 1. The lowest BCUT2D eigenvalue weighted by atomic mass is 10.1. The molecule has 1 amide bonds. The molecular formula is C14H18F2N2O. The fourth-order valence-corrected chi connectivity index (χ4v) is 2.43. The summed E-state index contributed by atoms with van der Waals surface area (Å²) in [5.41, 5.74) is 0.305. The van der Waals surface area contributed by atoms with Crippen LogP contribution in [0.3, 0.4) is 0 Å². The molecule has 2 unspecified atom stereocenters. The van der Waals surface area contributed by atoms with Gasteiger partial charge in [-0.15, -0.1) is 0 Å². The molecule has 1 heterocycles. The predicted octanol–water partition coefficient (Wildman–Crippen LogP) is 2.44. The number of nitrogens with one attached hydrogen (secondary N) is 1. The molecule has 0 aromatic heterocycles.